The number of fused-ring (bicyclic) bond motifs is 1. The van der Waals surface area contributed by atoms with Crippen molar-refractivity contribution in [2.75, 3.05) is 80.0 Å². The van der Waals surface area contributed by atoms with Gasteiger partial charge in [0, 0.05) is 113 Å². The van der Waals surface area contributed by atoms with Crippen molar-refractivity contribution in [3.8, 4) is 21.6 Å². The monoisotopic (exact) mass is 1170 g/mol. The topological polar surface area (TPSA) is 200 Å². The number of aromatic nitrogens is 4. The zero-order chi connectivity index (χ0) is 58.3. The number of nitrogens with one attached hydrogen (secondary N) is 3. The summed E-state index contributed by atoms with van der Waals surface area (Å²) < 4.78 is 73.5. The molecule has 4 saturated heterocycles. The maximum atomic E-state index is 15.9. The van der Waals surface area contributed by atoms with Gasteiger partial charge in [-0.05, 0) is 104 Å². The molecule has 0 aliphatic carbocycles. The van der Waals surface area contributed by atoms with Gasteiger partial charge in [-0.1, -0.05) is 50.2 Å². The smallest absolute Gasteiger partial charge is 0.301 e. The summed E-state index contributed by atoms with van der Waals surface area (Å²) in [5, 5.41) is 14.3. The van der Waals surface area contributed by atoms with Crippen LogP contribution in [0.25, 0.3) is 32.6 Å². The van der Waals surface area contributed by atoms with Crippen LogP contribution in [0.4, 0.5) is 30.2 Å². The van der Waals surface area contributed by atoms with Crippen LogP contribution in [0.15, 0.2) is 103 Å². The summed E-state index contributed by atoms with van der Waals surface area (Å²) >= 11 is 1.59. The first kappa shape index (κ1) is 57.6. The van der Waals surface area contributed by atoms with Crippen LogP contribution >= 0.6 is 11.3 Å². The minimum Gasteiger partial charge on any atom is -0.391 e. The van der Waals surface area contributed by atoms with E-state index in [9.17, 15) is 32.3 Å². The van der Waals surface area contributed by atoms with E-state index in [2.05, 4.69) is 62.9 Å². The number of aliphatic hydroxyl groups excluding tert-OH is 1. The van der Waals surface area contributed by atoms with Crippen molar-refractivity contribution in [3.05, 3.63) is 143 Å². The van der Waals surface area contributed by atoms with Crippen molar-refractivity contribution in [2.45, 2.75) is 83.7 Å². The summed E-state index contributed by atoms with van der Waals surface area (Å²) in [6, 6.07) is 20.5. The third-order valence-electron chi connectivity index (χ3n) is 16.9. The molecule has 0 bridgehead atoms. The summed E-state index contributed by atoms with van der Waals surface area (Å²) in [6.45, 7) is 13.7. The number of carbonyl (C=O) groups is 3. The number of benzene rings is 3. The number of aliphatic hydroxyl groups is 1. The zero-order valence-electron chi connectivity index (χ0n) is 46.8. The van der Waals surface area contributed by atoms with Gasteiger partial charge in [-0.15, -0.1) is 11.3 Å². The van der Waals surface area contributed by atoms with Crippen LogP contribution in [0.1, 0.15) is 91.2 Å². The van der Waals surface area contributed by atoms with Gasteiger partial charge in [-0.2, -0.15) is 12.7 Å². The number of nitrogens with zero attached hydrogens (tertiary/aromatic N) is 8. The van der Waals surface area contributed by atoms with Crippen LogP contribution in [0.5, 0.6) is 0 Å². The first-order valence-electron chi connectivity index (χ1n) is 28.4. The maximum absolute atomic E-state index is 15.9. The lowest BCUT2D eigenvalue weighted by Crippen LogP contribution is -2.49. The first-order chi connectivity index (χ1) is 39.9. The van der Waals surface area contributed by atoms with Gasteiger partial charge < -0.3 is 30.1 Å². The van der Waals surface area contributed by atoms with Crippen molar-refractivity contribution in [2.24, 2.45) is 11.8 Å². The molecule has 4 aliphatic rings. The van der Waals surface area contributed by atoms with E-state index in [0.29, 0.717) is 22.5 Å². The number of halogens is 3. The Hall–Kier alpha value is -7.24. The van der Waals surface area contributed by atoms with Gasteiger partial charge in [0.2, 0.25) is 17.6 Å². The van der Waals surface area contributed by atoms with Crippen LogP contribution in [-0.4, -0.2) is 149 Å². The molecule has 11 rings (SSSR count). The number of carbonyl (C=O) groups excluding carboxylic acids is 3. The van der Waals surface area contributed by atoms with Gasteiger partial charge in [0.25, 0.3) is 0 Å². The van der Waals surface area contributed by atoms with Crippen LogP contribution in [0, 0.1) is 30.4 Å². The molecule has 436 valence electrons. The Morgan fingerprint density at radius 2 is 1.53 bits per heavy atom. The molecule has 4 N–H and O–H groups in total. The standard InChI is InChI=1S/C61H68F3N11O6S2/c1-36(2)54(61(79)75-34-48(76)27-53(75)60(78)69-37(3)40-5-7-42(8-6-40)58-38(4)68-35-82-58)44-25-47(30-65-28-44)73-23-21-71(22-24-73)32-39-15-18-72(19-16-39)46-11-9-41(10-12-46)43-26-49-50(31-67-59(49)66-29-43)57(77)55-51(63)13-14-52(56(55)64)70-83(80,81)74-20-17-45(62)33-74/h5-14,25-26,28-31,35-37,39,45,48,53-54,70,76H,15-24,27,32-34H2,1-4H3,(H,66,67)(H,69,78)/t37-,45+,48+,53-,54?/m0/s1. The fourth-order valence-electron chi connectivity index (χ4n) is 12.2. The molecule has 0 radical (unpaired) electrons. The van der Waals surface area contributed by atoms with E-state index in [1.165, 1.54) is 6.20 Å². The number of pyridine rings is 2. The third-order valence-corrected chi connectivity index (χ3v) is 19.3. The SMILES string of the molecule is Cc1ncsc1-c1ccc([C@H](C)NC(=O)[C@@H]2C[C@@H](O)CN2C(=O)C(c2cncc(N3CCN(CC4CCN(c5ccc(-c6cnc7[nH]cc(C(=O)c8c(F)ccc(NS(=O)(=O)N9CC[C@@H](F)C9)c8F)c7c6)cc5)CC4)CC3)c2)C(C)C)cc1. The number of anilines is 3. The number of H-pyrrole nitrogens is 1. The second kappa shape index (κ2) is 24.2. The zero-order valence-corrected chi connectivity index (χ0v) is 48.4. The highest BCUT2D eigenvalue weighted by Crippen LogP contribution is 2.36. The molecule has 4 fully saturated rings. The number of β-amino-alcohol motifs (C(OH)–C–C–N with tert-alkyl or cyclic N) is 1. The lowest BCUT2D eigenvalue weighted by molar-refractivity contribution is -0.140. The Kier molecular flexibility index (Phi) is 16.8. The quantitative estimate of drug-likeness (QED) is 0.0633. The number of rotatable bonds is 17. The summed E-state index contributed by atoms with van der Waals surface area (Å²) in [6.07, 6.45) is 6.66. The molecule has 5 atom stereocenters. The van der Waals surface area contributed by atoms with Crippen LogP contribution < -0.4 is 19.8 Å². The Balaban J connectivity index is 0.665. The van der Waals surface area contributed by atoms with E-state index in [-0.39, 0.29) is 55.3 Å². The van der Waals surface area contributed by atoms with Gasteiger partial charge in [0.05, 0.1) is 57.3 Å². The number of thiazole rings is 1. The van der Waals surface area contributed by atoms with Gasteiger partial charge in [-0.25, -0.2) is 23.1 Å². The summed E-state index contributed by atoms with van der Waals surface area (Å²) in [5.41, 5.74) is 7.84. The van der Waals surface area contributed by atoms with Crippen LogP contribution in [0.2, 0.25) is 0 Å². The molecule has 4 aliphatic heterocycles. The summed E-state index contributed by atoms with van der Waals surface area (Å²) in [7, 11) is -4.37. The van der Waals surface area contributed by atoms with Crippen molar-refractivity contribution in [1.29, 1.82) is 0 Å². The van der Waals surface area contributed by atoms with E-state index in [0.717, 1.165) is 119 Å². The minimum atomic E-state index is -4.37. The van der Waals surface area contributed by atoms with Crippen LogP contribution in [-0.2, 0) is 19.8 Å². The van der Waals surface area contributed by atoms with E-state index in [1.807, 2.05) is 75.8 Å². The molecule has 7 aromatic rings. The van der Waals surface area contributed by atoms with Crippen LogP contribution in [0.3, 0.4) is 0 Å². The highest BCUT2D eigenvalue weighted by atomic mass is 32.2. The number of likely N-dealkylation sites (tertiary alicyclic amines) is 1. The second-order valence-corrected chi connectivity index (χ2v) is 25.3. The Bertz CT molecular complexity index is 3630. The van der Waals surface area contributed by atoms with Gasteiger partial charge in [0.15, 0.2) is 5.82 Å². The molecule has 17 nitrogen and oxygen atoms in total. The Labute approximate surface area is 485 Å². The van der Waals surface area contributed by atoms with E-state index >= 15 is 8.78 Å². The molecular weight excluding hydrogens is 1100 g/mol. The predicted octanol–water partition coefficient (Wildman–Crippen LogP) is 8.88. The van der Waals surface area contributed by atoms with Gasteiger partial charge in [0.1, 0.15) is 23.7 Å². The fourth-order valence-corrected chi connectivity index (χ4v) is 14.3. The number of ketones is 1. The first-order valence-corrected chi connectivity index (χ1v) is 30.7. The molecule has 0 saturated carbocycles. The molecule has 4 aromatic heterocycles. The molecule has 2 amide bonds. The van der Waals surface area contributed by atoms with Crippen molar-refractivity contribution in [1.82, 2.24) is 39.4 Å². The molecule has 8 heterocycles. The number of hydrogen-bond acceptors (Lipinski definition) is 13. The van der Waals surface area contributed by atoms with Gasteiger partial charge >= 0.3 is 10.2 Å². The third kappa shape index (κ3) is 12.2. The highest BCUT2D eigenvalue weighted by molar-refractivity contribution is 7.90. The normalized spacial score (nSPS) is 20.1. The molecule has 0 spiro atoms. The maximum Gasteiger partial charge on any atom is 0.301 e. The largest absolute Gasteiger partial charge is 0.391 e. The van der Waals surface area contributed by atoms with E-state index in [4.69, 9.17) is 0 Å². The van der Waals surface area contributed by atoms with Gasteiger partial charge in [-0.3, -0.25) is 29.0 Å². The van der Waals surface area contributed by atoms with E-state index < -0.39 is 69.7 Å². The lowest BCUT2D eigenvalue weighted by atomic mass is 9.87. The number of aromatic amines is 1. The molecule has 1 unspecified atom stereocenters. The number of piperidine rings is 1. The van der Waals surface area contributed by atoms with Crippen molar-refractivity contribution < 1.29 is 41.1 Å². The number of amides is 2. The second-order valence-electron chi connectivity index (χ2n) is 22.8. The minimum absolute atomic E-state index is 0.000839. The molecule has 83 heavy (non-hydrogen) atoms. The van der Waals surface area contributed by atoms with E-state index in [1.54, 1.807) is 34.7 Å². The number of hydrogen-bond donors (Lipinski definition) is 4. The van der Waals surface area contributed by atoms with Crippen molar-refractivity contribution >= 4 is 67.2 Å². The summed E-state index contributed by atoms with van der Waals surface area (Å²) in [5.74, 6) is -4.16. The molecular formula is C61H68F3N11O6S2. The average molecular weight is 1170 g/mol. The summed E-state index contributed by atoms with van der Waals surface area (Å²) in [4.78, 5) is 68.6. The highest BCUT2D eigenvalue weighted by Gasteiger charge is 2.43. The predicted molar refractivity (Wildman–Crippen MR) is 315 cm³/mol. The average Bonchev–Trinajstić information content (AvgIpc) is 3.56. The van der Waals surface area contributed by atoms with Crippen molar-refractivity contribution in [3.63, 3.8) is 0 Å². The number of aryl methyl sites for hydroxylation is 1. The number of alkyl halides is 1. The molecule has 3 aromatic carbocycles. The molecule has 22 heteroatoms. The Morgan fingerprint density at radius 1 is 0.807 bits per heavy atom. The Morgan fingerprint density at radius 3 is 2.22 bits per heavy atom. The number of piperazine rings is 1. The fraction of sp³-hybridized carbons (Fsp3) is 0.410. The lowest BCUT2D eigenvalue weighted by Gasteiger charge is -2.40.